The minimum absolute atomic E-state index is 0.0362. The van der Waals surface area contributed by atoms with Crippen LogP contribution in [0.3, 0.4) is 0 Å². The van der Waals surface area contributed by atoms with E-state index in [9.17, 15) is 9.18 Å². The molecule has 1 aromatic carbocycles. The van der Waals surface area contributed by atoms with Gasteiger partial charge in [-0.05, 0) is 31.5 Å². The zero-order valence-corrected chi connectivity index (χ0v) is 9.75. The van der Waals surface area contributed by atoms with E-state index in [1.807, 2.05) is 0 Å². The average molecular weight is 246 g/mol. The predicted octanol–water partition coefficient (Wildman–Crippen LogP) is 2.60. The Morgan fingerprint density at radius 2 is 2.12 bits per heavy atom. The number of benzene rings is 1. The molecule has 2 unspecified atom stereocenters. The van der Waals surface area contributed by atoms with Crippen LogP contribution in [0.2, 0.25) is 5.02 Å². The highest BCUT2D eigenvalue weighted by molar-refractivity contribution is 6.30. The molecule has 0 bridgehead atoms. The fraction of sp³-hybridized carbons (Fsp3) is 0.364. The SMILES string of the molecule is CC(NC(C)c1ccc(F)c(Cl)c1)C(=O)O. The van der Waals surface area contributed by atoms with Crippen molar-refractivity contribution in [1.29, 1.82) is 0 Å². The second-order valence-corrected chi connectivity index (χ2v) is 4.03. The first kappa shape index (κ1) is 12.9. The Labute approximate surface area is 98.2 Å². The molecule has 2 atom stereocenters. The molecule has 0 aliphatic rings. The highest BCUT2D eigenvalue weighted by Crippen LogP contribution is 2.20. The molecule has 0 saturated carbocycles. The van der Waals surface area contributed by atoms with E-state index >= 15 is 0 Å². The number of hydrogen-bond acceptors (Lipinski definition) is 2. The minimum atomic E-state index is -0.931. The lowest BCUT2D eigenvalue weighted by atomic mass is 10.1. The maximum atomic E-state index is 12.9. The van der Waals surface area contributed by atoms with E-state index in [1.54, 1.807) is 19.9 Å². The summed E-state index contributed by atoms with van der Waals surface area (Å²) in [6.07, 6.45) is 0. The van der Waals surface area contributed by atoms with Crippen LogP contribution >= 0.6 is 11.6 Å². The highest BCUT2D eigenvalue weighted by atomic mass is 35.5. The van der Waals surface area contributed by atoms with E-state index in [2.05, 4.69) is 5.32 Å². The molecule has 5 heteroatoms. The quantitative estimate of drug-likeness (QED) is 0.857. The summed E-state index contributed by atoms with van der Waals surface area (Å²) in [5.74, 6) is -1.41. The molecule has 0 amide bonds. The predicted molar refractivity (Wildman–Crippen MR) is 60.1 cm³/mol. The van der Waals surface area contributed by atoms with E-state index in [0.29, 0.717) is 0 Å². The van der Waals surface area contributed by atoms with E-state index in [-0.39, 0.29) is 11.1 Å². The van der Waals surface area contributed by atoms with Crippen LogP contribution in [-0.4, -0.2) is 17.1 Å². The fourth-order valence-electron chi connectivity index (χ4n) is 1.32. The summed E-state index contributed by atoms with van der Waals surface area (Å²) in [6, 6.07) is 3.46. The number of carboxylic acids is 1. The first-order valence-electron chi connectivity index (χ1n) is 4.85. The van der Waals surface area contributed by atoms with E-state index in [0.717, 1.165) is 5.56 Å². The number of carbonyl (C=O) groups is 1. The molecular formula is C11H13ClFNO2. The van der Waals surface area contributed by atoms with Crippen molar-refractivity contribution in [3.05, 3.63) is 34.6 Å². The van der Waals surface area contributed by atoms with Gasteiger partial charge in [-0.3, -0.25) is 10.1 Å². The Balaban J connectivity index is 2.76. The molecule has 0 spiro atoms. The van der Waals surface area contributed by atoms with Crippen LogP contribution in [0.25, 0.3) is 0 Å². The van der Waals surface area contributed by atoms with Crippen molar-refractivity contribution >= 4 is 17.6 Å². The zero-order chi connectivity index (χ0) is 12.3. The molecular weight excluding hydrogens is 233 g/mol. The summed E-state index contributed by atoms with van der Waals surface area (Å²) in [5, 5.41) is 11.6. The standard InChI is InChI=1S/C11H13ClFNO2/c1-6(14-7(2)11(15)16)8-3-4-10(13)9(12)5-8/h3-7,14H,1-2H3,(H,15,16). The number of aliphatic carboxylic acids is 1. The number of hydrogen-bond donors (Lipinski definition) is 2. The largest absolute Gasteiger partial charge is 0.480 e. The topological polar surface area (TPSA) is 49.3 Å². The summed E-state index contributed by atoms with van der Waals surface area (Å²) in [6.45, 7) is 3.34. The molecule has 1 rings (SSSR count). The van der Waals surface area contributed by atoms with Crippen LogP contribution < -0.4 is 5.32 Å². The Bertz CT molecular complexity index is 398. The Morgan fingerprint density at radius 1 is 1.50 bits per heavy atom. The normalized spacial score (nSPS) is 14.5. The summed E-state index contributed by atoms with van der Waals surface area (Å²) in [5.41, 5.74) is 0.750. The molecule has 0 fully saturated rings. The zero-order valence-electron chi connectivity index (χ0n) is 9.00. The second kappa shape index (κ2) is 5.27. The van der Waals surface area contributed by atoms with Gasteiger partial charge < -0.3 is 5.11 Å². The maximum absolute atomic E-state index is 12.9. The molecule has 0 aliphatic carbocycles. The van der Waals surface area contributed by atoms with Crippen LogP contribution in [-0.2, 0) is 4.79 Å². The van der Waals surface area contributed by atoms with Crippen molar-refractivity contribution in [2.45, 2.75) is 25.9 Å². The van der Waals surface area contributed by atoms with E-state index in [1.165, 1.54) is 12.1 Å². The Hall–Kier alpha value is -1.13. The summed E-state index contributed by atoms with van der Waals surface area (Å²) < 4.78 is 12.9. The molecule has 88 valence electrons. The van der Waals surface area contributed by atoms with Crippen molar-refractivity contribution in [2.24, 2.45) is 0 Å². The molecule has 2 N–H and O–H groups in total. The molecule has 1 aromatic rings. The van der Waals surface area contributed by atoms with Gasteiger partial charge in [0.25, 0.3) is 0 Å². The number of halogens is 2. The van der Waals surface area contributed by atoms with E-state index in [4.69, 9.17) is 16.7 Å². The molecule has 16 heavy (non-hydrogen) atoms. The lowest BCUT2D eigenvalue weighted by Gasteiger charge is -2.17. The molecule has 3 nitrogen and oxygen atoms in total. The molecule has 0 aromatic heterocycles. The van der Waals surface area contributed by atoms with Gasteiger partial charge in [-0.15, -0.1) is 0 Å². The third-order valence-corrected chi connectivity index (χ3v) is 2.60. The van der Waals surface area contributed by atoms with E-state index < -0.39 is 17.8 Å². The third kappa shape index (κ3) is 3.18. The van der Waals surface area contributed by atoms with Gasteiger partial charge in [0.05, 0.1) is 5.02 Å². The minimum Gasteiger partial charge on any atom is -0.480 e. The van der Waals surface area contributed by atoms with Crippen LogP contribution in [0.4, 0.5) is 4.39 Å². The van der Waals surface area contributed by atoms with Crippen LogP contribution in [0, 0.1) is 5.82 Å². The number of nitrogens with one attached hydrogen (secondary N) is 1. The number of rotatable bonds is 4. The van der Waals surface area contributed by atoms with Crippen molar-refractivity contribution < 1.29 is 14.3 Å². The van der Waals surface area contributed by atoms with Crippen LogP contribution in [0.5, 0.6) is 0 Å². The third-order valence-electron chi connectivity index (χ3n) is 2.31. The lowest BCUT2D eigenvalue weighted by Crippen LogP contribution is -2.35. The van der Waals surface area contributed by atoms with Gasteiger partial charge in [0.2, 0.25) is 0 Å². The summed E-state index contributed by atoms with van der Waals surface area (Å²) in [4.78, 5) is 10.6. The fourth-order valence-corrected chi connectivity index (χ4v) is 1.51. The second-order valence-electron chi connectivity index (χ2n) is 3.62. The first-order valence-corrected chi connectivity index (χ1v) is 5.23. The van der Waals surface area contributed by atoms with Gasteiger partial charge >= 0.3 is 5.97 Å². The molecule has 0 saturated heterocycles. The molecule has 0 heterocycles. The van der Waals surface area contributed by atoms with Crippen molar-refractivity contribution in [2.75, 3.05) is 0 Å². The Kier molecular flexibility index (Phi) is 4.26. The van der Waals surface area contributed by atoms with Gasteiger partial charge in [-0.1, -0.05) is 17.7 Å². The smallest absolute Gasteiger partial charge is 0.320 e. The van der Waals surface area contributed by atoms with Crippen molar-refractivity contribution in [3.8, 4) is 0 Å². The first-order chi connectivity index (χ1) is 7.41. The van der Waals surface area contributed by atoms with Gasteiger partial charge in [0.1, 0.15) is 11.9 Å². The molecule has 0 radical (unpaired) electrons. The summed E-state index contributed by atoms with van der Waals surface area (Å²) in [7, 11) is 0. The maximum Gasteiger partial charge on any atom is 0.320 e. The number of carboxylic acid groups (broad SMARTS) is 1. The summed E-state index contributed by atoms with van der Waals surface area (Å²) >= 11 is 5.64. The van der Waals surface area contributed by atoms with Gasteiger partial charge in [0.15, 0.2) is 0 Å². The van der Waals surface area contributed by atoms with Crippen LogP contribution in [0.15, 0.2) is 18.2 Å². The van der Waals surface area contributed by atoms with Gasteiger partial charge in [-0.25, -0.2) is 4.39 Å². The highest BCUT2D eigenvalue weighted by Gasteiger charge is 2.15. The molecule has 0 aliphatic heterocycles. The Morgan fingerprint density at radius 3 is 2.62 bits per heavy atom. The van der Waals surface area contributed by atoms with Gasteiger partial charge in [-0.2, -0.15) is 0 Å². The average Bonchev–Trinajstić information content (AvgIpc) is 2.21. The van der Waals surface area contributed by atoms with Crippen molar-refractivity contribution in [3.63, 3.8) is 0 Å². The van der Waals surface area contributed by atoms with Gasteiger partial charge in [0, 0.05) is 6.04 Å². The lowest BCUT2D eigenvalue weighted by molar-refractivity contribution is -0.139. The van der Waals surface area contributed by atoms with Crippen LogP contribution in [0.1, 0.15) is 25.5 Å². The monoisotopic (exact) mass is 245 g/mol. The van der Waals surface area contributed by atoms with Crippen molar-refractivity contribution in [1.82, 2.24) is 5.32 Å².